The van der Waals surface area contributed by atoms with Crippen LogP contribution in [0.25, 0.3) is 0 Å². The van der Waals surface area contributed by atoms with Gasteiger partial charge in [0.05, 0.1) is 0 Å². The van der Waals surface area contributed by atoms with Crippen molar-refractivity contribution >= 4 is 11.6 Å². The van der Waals surface area contributed by atoms with E-state index in [0.717, 1.165) is 12.4 Å². The van der Waals surface area contributed by atoms with E-state index in [1.165, 1.54) is 12.4 Å². The number of aromatic nitrogens is 3. The molecule has 0 bridgehead atoms. The van der Waals surface area contributed by atoms with Crippen LogP contribution in [0, 0.1) is 11.7 Å². The first-order chi connectivity index (χ1) is 9.97. The van der Waals surface area contributed by atoms with E-state index in [-0.39, 0.29) is 11.9 Å². The van der Waals surface area contributed by atoms with Crippen LogP contribution in [0.3, 0.4) is 0 Å². The summed E-state index contributed by atoms with van der Waals surface area (Å²) in [5.74, 6) is 0.980. The van der Waals surface area contributed by atoms with Crippen molar-refractivity contribution in [1.82, 2.24) is 14.8 Å². The summed E-state index contributed by atoms with van der Waals surface area (Å²) >= 11 is 6.03. The Labute approximate surface area is 129 Å². The molecule has 0 radical (unpaired) electrons. The van der Waals surface area contributed by atoms with Gasteiger partial charge in [0, 0.05) is 29.6 Å². The van der Waals surface area contributed by atoms with Crippen molar-refractivity contribution < 1.29 is 4.39 Å². The lowest BCUT2D eigenvalue weighted by Crippen LogP contribution is -2.28. The minimum atomic E-state index is -0.318. The molecule has 1 atom stereocenters. The fourth-order valence-corrected chi connectivity index (χ4v) is 2.48. The van der Waals surface area contributed by atoms with E-state index in [0.29, 0.717) is 29.3 Å². The Morgan fingerprint density at radius 1 is 1.33 bits per heavy atom. The quantitative estimate of drug-likeness (QED) is 0.892. The van der Waals surface area contributed by atoms with Crippen molar-refractivity contribution in [3.05, 3.63) is 46.8 Å². The van der Waals surface area contributed by atoms with Crippen molar-refractivity contribution in [2.75, 3.05) is 0 Å². The summed E-state index contributed by atoms with van der Waals surface area (Å²) < 4.78 is 15.6. The summed E-state index contributed by atoms with van der Waals surface area (Å²) in [6, 6.07) is 4.41. The zero-order valence-corrected chi connectivity index (χ0v) is 13.0. The minimum absolute atomic E-state index is 0.255. The summed E-state index contributed by atoms with van der Waals surface area (Å²) in [7, 11) is 0. The number of hydrogen-bond acceptors (Lipinski definition) is 3. The lowest BCUT2D eigenvalue weighted by atomic mass is 10.0. The molecular formula is C15H20ClFN4. The first-order valence-corrected chi connectivity index (χ1v) is 7.40. The molecule has 0 amide bonds. The van der Waals surface area contributed by atoms with Crippen LogP contribution in [0.2, 0.25) is 5.02 Å². The van der Waals surface area contributed by atoms with Gasteiger partial charge in [-0.3, -0.25) is 0 Å². The van der Waals surface area contributed by atoms with Gasteiger partial charge in [-0.05, 0) is 24.5 Å². The lowest BCUT2D eigenvalue weighted by Gasteiger charge is -2.14. The van der Waals surface area contributed by atoms with Crippen molar-refractivity contribution in [1.29, 1.82) is 0 Å². The molecular weight excluding hydrogens is 291 g/mol. The molecule has 0 aliphatic carbocycles. The van der Waals surface area contributed by atoms with Crippen LogP contribution in [-0.2, 0) is 19.4 Å². The largest absolute Gasteiger partial charge is 0.327 e. The SMILES string of the molecule is CC(C)Cn1ncnc1CC(N)Cc1c(F)cccc1Cl. The number of hydrogen-bond donors (Lipinski definition) is 1. The highest BCUT2D eigenvalue weighted by molar-refractivity contribution is 6.31. The van der Waals surface area contributed by atoms with Crippen LogP contribution in [0.1, 0.15) is 25.2 Å². The van der Waals surface area contributed by atoms with Crippen molar-refractivity contribution in [2.24, 2.45) is 11.7 Å². The number of rotatable bonds is 6. The average molecular weight is 311 g/mol. The molecule has 1 aromatic carbocycles. The molecule has 0 spiro atoms. The maximum atomic E-state index is 13.8. The van der Waals surface area contributed by atoms with Crippen LogP contribution in [-0.4, -0.2) is 20.8 Å². The maximum Gasteiger partial charge on any atom is 0.138 e. The number of benzene rings is 1. The average Bonchev–Trinajstić information content (AvgIpc) is 2.80. The zero-order valence-electron chi connectivity index (χ0n) is 12.3. The molecule has 0 aliphatic heterocycles. The van der Waals surface area contributed by atoms with E-state index in [2.05, 4.69) is 23.9 Å². The molecule has 2 aromatic rings. The normalized spacial score (nSPS) is 12.9. The summed E-state index contributed by atoms with van der Waals surface area (Å²) in [4.78, 5) is 4.24. The van der Waals surface area contributed by atoms with Gasteiger partial charge in [0.15, 0.2) is 0 Å². The van der Waals surface area contributed by atoms with Crippen LogP contribution < -0.4 is 5.73 Å². The predicted octanol–water partition coefficient (Wildman–Crippen LogP) is 2.84. The van der Waals surface area contributed by atoms with Crippen molar-refractivity contribution in [2.45, 2.75) is 39.3 Å². The highest BCUT2D eigenvalue weighted by Crippen LogP contribution is 2.20. The third kappa shape index (κ3) is 4.25. The van der Waals surface area contributed by atoms with Gasteiger partial charge in [-0.25, -0.2) is 14.1 Å². The summed E-state index contributed by atoms with van der Waals surface area (Å²) in [6.45, 7) is 5.03. The topological polar surface area (TPSA) is 56.7 Å². The van der Waals surface area contributed by atoms with E-state index in [1.54, 1.807) is 12.1 Å². The summed E-state index contributed by atoms with van der Waals surface area (Å²) in [6.07, 6.45) is 2.44. The first kappa shape index (κ1) is 15.9. The van der Waals surface area contributed by atoms with Gasteiger partial charge < -0.3 is 5.73 Å². The number of nitrogens with zero attached hydrogens (tertiary/aromatic N) is 3. The molecule has 0 aliphatic rings. The first-order valence-electron chi connectivity index (χ1n) is 7.02. The van der Waals surface area contributed by atoms with Gasteiger partial charge in [-0.15, -0.1) is 0 Å². The Kier molecular flexibility index (Phi) is 5.31. The Bertz CT molecular complexity index is 577. The molecule has 4 nitrogen and oxygen atoms in total. The molecule has 0 saturated carbocycles. The van der Waals surface area contributed by atoms with Crippen molar-refractivity contribution in [3.63, 3.8) is 0 Å². The molecule has 114 valence electrons. The Morgan fingerprint density at radius 2 is 2.10 bits per heavy atom. The number of nitrogens with two attached hydrogens (primary N) is 1. The fraction of sp³-hybridized carbons (Fsp3) is 0.467. The lowest BCUT2D eigenvalue weighted by molar-refractivity contribution is 0.457. The van der Waals surface area contributed by atoms with Gasteiger partial charge in [0.2, 0.25) is 0 Å². The van der Waals surface area contributed by atoms with E-state index in [1.807, 2.05) is 4.68 Å². The van der Waals surface area contributed by atoms with E-state index in [9.17, 15) is 4.39 Å². The molecule has 2 N–H and O–H groups in total. The van der Waals surface area contributed by atoms with Gasteiger partial charge >= 0.3 is 0 Å². The van der Waals surface area contributed by atoms with E-state index >= 15 is 0 Å². The highest BCUT2D eigenvalue weighted by Gasteiger charge is 2.15. The second-order valence-corrected chi connectivity index (χ2v) is 6.03. The zero-order chi connectivity index (χ0) is 15.4. The van der Waals surface area contributed by atoms with Gasteiger partial charge in [0.25, 0.3) is 0 Å². The van der Waals surface area contributed by atoms with Gasteiger partial charge in [-0.1, -0.05) is 31.5 Å². The molecule has 2 rings (SSSR count). The third-order valence-electron chi connectivity index (χ3n) is 3.21. The third-order valence-corrected chi connectivity index (χ3v) is 3.56. The van der Waals surface area contributed by atoms with Crippen molar-refractivity contribution in [3.8, 4) is 0 Å². The molecule has 0 saturated heterocycles. The molecule has 21 heavy (non-hydrogen) atoms. The van der Waals surface area contributed by atoms with Crippen LogP contribution in [0.4, 0.5) is 4.39 Å². The minimum Gasteiger partial charge on any atom is -0.327 e. The summed E-state index contributed by atoms with van der Waals surface area (Å²) in [5, 5.41) is 4.61. The molecule has 1 aromatic heterocycles. The summed E-state index contributed by atoms with van der Waals surface area (Å²) in [5.41, 5.74) is 6.59. The second-order valence-electron chi connectivity index (χ2n) is 5.62. The highest BCUT2D eigenvalue weighted by atomic mass is 35.5. The molecule has 1 unspecified atom stereocenters. The van der Waals surface area contributed by atoms with Gasteiger partial charge in [0.1, 0.15) is 18.0 Å². The predicted molar refractivity (Wildman–Crippen MR) is 81.7 cm³/mol. The van der Waals surface area contributed by atoms with Gasteiger partial charge in [-0.2, -0.15) is 5.10 Å². The standard InChI is InChI=1S/C15H20ClFN4/c1-10(2)8-21-15(19-9-20-21)7-11(18)6-12-13(16)4-3-5-14(12)17/h3-5,9-11H,6-8,18H2,1-2H3. The van der Waals surface area contributed by atoms with E-state index < -0.39 is 0 Å². The fourth-order valence-electron chi connectivity index (χ4n) is 2.24. The molecule has 0 fully saturated rings. The van der Waals surface area contributed by atoms with E-state index in [4.69, 9.17) is 17.3 Å². The Balaban J connectivity index is 2.05. The van der Waals surface area contributed by atoms with Crippen LogP contribution in [0.5, 0.6) is 0 Å². The van der Waals surface area contributed by atoms with Crippen LogP contribution in [0.15, 0.2) is 24.5 Å². The smallest absolute Gasteiger partial charge is 0.138 e. The molecule has 6 heteroatoms. The Hall–Kier alpha value is -1.46. The Morgan fingerprint density at radius 3 is 2.76 bits per heavy atom. The second kappa shape index (κ2) is 7.00. The van der Waals surface area contributed by atoms with Crippen LogP contribution >= 0.6 is 11.6 Å². The molecule has 1 heterocycles. The number of halogens is 2. The maximum absolute atomic E-state index is 13.8. The monoisotopic (exact) mass is 310 g/mol.